The highest BCUT2D eigenvalue weighted by molar-refractivity contribution is 6.09. The van der Waals surface area contributed by atoms with E-state index in [2.05, 4.69) is 25.7 Å². The Morgan fingerprint density at radius 2 is 1.84 bits per heavy atom. The Bertz CT molecular complexity index is 1230. The highest BCUT2D eigenvalue weighted by Crippen LogP contribution is 2.23. The number of anilines is 1. The number of carbonyl (C=O) groups is 2. The van der Waals surface area contributed by atoms with Gasteiger partial charge in [-0.3, -0.25) is 14.6 Å². The summed E-state index contributed by atoms with van der Waals surface area (Å²) in [6.45, 7) is 3.76. The molecule has 0 atom stereocenters. The number of aryl methyl sites for hydroxylation is 1. The number of fused-ring (bicyclic) bond motifs is 1. The van der Waals surface area contributed by atoms with Crippen LogP contribution in [0.2, 0.25) is 0 Å². The first-order valence-electron chi connectivity index (χ1n) is 9.98. The van der Waals surface area contributed by atoms with Crippen molar-refractivity contribution in [2.45, 2.75) is 20.3 Å². The van der Waals surface area contributed by atoms with E-state index in [4.69, 9.17) is 0 Å². The van der Waals surface area contributed by atoms with E-state index in [9.17, 15) is 9.59 Å². The van der Waals surface area contributed by atoms with E-state index < -0.39 is 0 Å². The molecule has 2 heterocycles. The number of carbonyl (C=O) groups excluding carboxylic acids is 2. The van der Waals surface area contributed by atoms with Gasteiger partial charge in [-0.05, 0) is 49.2 Å². The SMILES string of the molecule is CCc1nc2ccccc2c(C(=O)NCC(=O)Nc2ccc(-n3cncn3)cc2)c1C. The Hall–Kier alpha value is -4.07. The van der Waals surface area contributed by atoms with E-state index in [0.717, 1.165) is 34.3 Å². The zero-order valence-electron chi connectivity index (χ0n) is 17.3. The van der Waals surface area contributed by atoms with Crippen LogP contribution in [-0.2, 0) is 11.2 Å². The molecule has 4 rings (SSSR count). The molecule has 8 heteroatoms. The second kappa shape index (κ2) is 8.74. The molecular formula is C23H22N6O2. The number of pyridine rings is 1. The number of para-hydroxylation sites is 1. The molecule has 2 N–H and O–H groups in total. The summed E-state index contributed by atoms with van der Waals surface area (Å²) in [5, 5.41) is 10.4. The molecule has 8 nitrogen and oxygen atoms in total. The fourth-order valence-corrected chi connectivity index (χ4v) is 3.49. The normalized spacial score (nSPS) is 10.8. The highest BCUT2D eigenvalue weighted by Gasteiger charge is 2.18. The molecule has 2 aromatic carbocycles. The third-order valence-corrected chi connectivity index (χ3v) is 5.04. The van der Waals surface area contributed by atoms with Crippen molar-refractivity contribution < 1.29 is 9.59 Å². The van der Waals surface area contributed by atoms with Gasteiger partial charge in [0.25, 0.3) is 5.91 Å². The Morgan fingerprint density at radius 3 is 2.55 bits per heavy atom. The lowest BCUT2D eigenvalue weighted by Gasteiger charge is -2.14. The van der Waals surface area contributed by atoms with Crippen molar-refractivity contribution in [3.05, 3.63) is 78.0 Å². The first-order chi connectivity index (χ1) is 15.1. The van der Waals surface area contributed by atoms with Gasteiger partial charge in [0.1, 0.15) is 12.7 Å². The molecular weight excluding hydrogens is 392 g/mol. The van der Waals surface area contributed by atoms with Crippen LogP contribution in [0.4, 0.5) is 5.69 Å². The molecule has 0 saturated carbocycles. The largest absolute Gasteiger partial charge is 0.343 e. The minimum Gasteiger partial charge on any atom is -0.343 e. The average Bonchev–Trinajstić information content (AvgIpc) is 3.32. The Labute approximate surface area is 179 Å². The van der Waals surface area contributed by atoms with Crippen molar-refractivity contribution in [3.8, 4) is 5.69 Å². The van der Waals surface area contributed by atoms with E-state index in [1.165, 1.54) is 6.33 Å². The molecule has 0 aliphatic carbocycles. The van der Waals surface area contributed by atoms with Crippen LogP contribution in [0.1, 0.15) is 28.5 Å². The topological polar surface area (TPSA) is 102 Å². The lowest BCUT2D eigenvalue weighted by molar-refractivity contribution is -0.115. The van der Waals surface area contributed by atoms with Crippen LogP contribution < -0.4 is 10.6 Å². The van der Waals surface area contributed by atoms with E-state index in [1.807, 2.05) is 50.2 Å². The maximum Gasteiger partial charge on any atom is 0.252 e. The molecule has 0 radical (unpaired) electrons. The molecule has 0 spiro atoms. The van der Waals surface area contributed by atoms with Crippen LogP contribution in [0.15, 0.2) is 61.2 Å². The molecule has 0 bridgehead atoms. The Morgan fingerprint density at radius 1 is 1.06 bits per heavy atom. The zero-order chi connectivity index (χ0) is 21.8. The lowest BCUT2D eigenvalue weighted by Crippen LogP contribution is -2.33. The third kappa shape index (κ3) is 4.28. The van der Waals surface area contributed by atoms with Gasteiger partial charge in [-0.1, -0.05) is 25.1 Å². The van der Waals surface area contributed by atoms with Crippen LogP contribution in [0, 0.1) is 6.92 Å². The van der Waals surface area contributed by atoms with E-state index >= 15 is 0 Å². The smallest absolute Gasteiger partial charge is 0.252 e. The summed E-state index contributed by atoms with van der Waals surface area (Å²) in [7, 11) is 0. The Kier molecular flexibility index (Phi) is 5.70. The van der Waals surface area contributed by atoms with E-state index in [1.54, 1.807) is 23.1 Å². The van der Waals surface area contributed by atoms with E-state index in [-0.39, 0.29) is 18.4 Å². The Balaban J connectivity index is 1.44. The maximum absolute atomic E-state index is 12.9. The summed E-state index contributed by atoms with van der Waals surface area (Å²) in [4.78, 5) is 33.9. The van der Waals surface area contributed by atoms with Crippen LogP contribution in [0.3, 0.4) is 0 Å². The number of hydrogen-bond acceptors (Lipinski definition) is 5. The summed E-state index contributed by atoms with van der Waals surface area (Å²) in [6.07, 6.45) is 3.77. The van der Waals surface area contributed by atoms with Crippen LogP contribution in [0.25, 0.3) is 16.6 Å². The van der Waals surface area contributed by atoms with Crippen molar-refractivity contribution in [3.63, 3.8) is 0 Å². The molecule has 156 valence electrons. The summed E-state index contributed by atoms with van der Waals surface area (Å²) < 4.78 is 1.62. The fourth-order valence-electron chi connectivity index (χ4n) is 3.49. The van der Waals surface area contributed by atoms with E-state index in [0.29, 0.717) is 11.3 Å². The molecule has 4 aromatic rings. The molecule has 0 saturated heterocycles. The molecule has 0 unspecified atom stereocenters. The van der Waals surface area contributed by atoms with Gasteiger partial charge in [0.15, 0.2) is 0 Å². The second-order valence-corrected chi connectivity index (χ2v) is 7.05. The fraction of sp³-hybridized carbons (Fsp3) is 0.174. The van der Waals surface area contributed by atoms with Crippen molar-refractivity contribution in [2.24, 2.45) is 0 Å². The summed E-state index contributed by atoms with van der Waals surface area (Å²) in [5.41, 5.74) is 4.50. The number of aromatic nitrogens is 4. The number of hydrogen-bond donors (Lipinski definition) is 2. The minimum absolute atomic E-state index is 0.138. The van der Waals surface area contributed by atoms with Gasteiger partial charge >= 0.3 is 0 Å². The van der Waals surface area contributed by atoms with Gasteiger partial charge in [0.05, 0.1) is 23.3 Å². The molecule has 31 heavy (non-hydrogen) atoms. The van der Waals surface area contributed by atoms with Gasteiger partial charge in [0, 0.05) is 16.8 Å². The van der Waals surface area contributed by atoms with Crippen molar-refractivity contribution >= 4 is 28.4 Å². The standard InChI is InChI=1S/C23H22N6O2/c1-3-19-15(2)22(18-6-4-5-7-20(18)28-19)23(31)25-12-21(30)27-16-8-10-17(11-9-16)29-14-24-13-26-29/h4-11,13-14H,3,12H2,1-2H3,(H,25,31)(H,27,30). The predicted molar refractivity (Wildman–Crippen MR) is 118 cm³/mol. The van der Waals surface area contributed by atoms with Gasteiger partial charge in [-0.2, -0.15) is 5.10 Å². The molecule has 0 aliphatic heterocycles. The molecule has 0 fully saturated rings. The van der Waals surface area contributed by atoms with Gasteiger partial charge in [-0.15, -0.1) is 0 Å². The van der Waals surface area contributed by atoms with Gasteiger partial charge in [-0.25, -0.2) is 9.67 Å². The number of rotatable bonds is 6. The predicted octanol–water partition coefficient (Wildman–Crippen LogP) is 3.05. The monoisotopic (exact) mass is 414 g/mol. The molecule has 2 aromatic heterocycles. The average molecular weight is 414 g/mol. The first kappa shape index (κ1) is 20.2. The second-order valence-electron chi connectivity index (χ2n) is 7.05. The van der Waals surface area contributed by atoms with Crippen molar-refractivity contribution in [1.82, 2.24) is 25.1 Å². The summed E-state index contributed by atoms with van der Waals surface area (Å²) >= 11 is 0. The number of nitrogens with zero attached hydrogens (tertiary/aromatic N) is 4. The van der Waals surface area contributed by atoms with Crippen LogP contribution in [-0.4, -0.2) is 38.1 Å². The number of amides is 2. The minimum atomic E-state index is -0.311. The maximum atomic E-state index is 12.9. The molecule has 0 aliphatic rings. The highest BCUT2D eigenvalue weighted by atomic mass is 16.2. The summed E-state index contributed by atoms with van der Waals surface area (Å²) in [5.74, 6) is -0.601. The quantitative estimate of drug-likeness (QED) is 0.505. The van der Waals surface area contributed by atoms with Gasteiger partial charge < -0.3 is 10.6 Å². The van der Waals surface area contributed by atoms with Crippen LogP contribution >= 0.6 is 0 Å². The van der Waals surface area contributed by atoms with Gasteiger partial charge in [0.2, 0.25) is 5.91 Å². The number of nitrogens with one attached hydrogen (secondary N) is 2. The first-order valence-corrected chi connectivity index (χ1v) is 9.98. The third-order valence-electron chi connectivity index (χ3n) is 5.04. The zero-order valence-corrected chi connectivity index (χ0v) is 17.3. The lowest BCUT2D eigenvalue weighted by atomic mass is 9.99. The van der Waals surface area contributed by atoms with Crippen molar-refractivity contribution in [2.75, 3.05) is 11.9 Å². The van der Waals surface area contributed by atoms with Crippen LogP contribution in [0.5, 0.6) is 0 Å². The molecule has 2 amide bonds. The number of benzene rings is 2. The summed E-state index contributed by atoms with van der Waals surface area (Å²) in [6, 6.07) is 14.7. The van der Waals surface area contributed by atoms with Crippen molar-refractivity contribution in [1.29, 1.82) is 0 Å².